The van der Waals surface area contributed by atoms with Crippen LogP contribution in [0.1, 0.15) is 31.7 Å². The topological polar surface area (TPSA) is 41.9 Å². The number of ether oxygens (including phenoxy) is 2. The first-order valence-electron chi connectivity index (χ1n) is 9.32. The normalized spacial score (nSPS) is 29.7. The summed E-state index contributed by atoms with van der Waals surface area (Å²) in [5, 5.41) is 11.2. The lowest BCUT2D eigenvalue weighted by molar-refractivity contribution is -0.132. The molecule has 0 saturated carbocycles. The van der Waals surface area contributed by atoms with Gasteiger partial charge in [0, 0.05) is 32.8 Å². The van der Waals surface area contributed by atoms with Crippen molar-refractivity contribution in [2.45, 2.75) is 38.4 Å². The van der Waals surface area contributed by atoms with Crippen LogP contribution in [0.25, 0.3) is 0 Å². The average molecular weight is 333 g/mol. The summed E-state index contributed by atoms with van der Waals surface area (Å²) in [6, 6.07) is 10.3. The van der Waals surface area contributed by atoms with E-state index in [9.17, 15) is 5.11 Å². The van der Waals surface area contributed by atoms with Crippen LogP contribution in [0.15, 0.2) is 30.3 Å². The highest BCUT2D eigenvalue weighted by Gasteiger charge is 2.44. The molecular formula is C20H31NO3. The van der Waals surface area contributed by atoms with Crippen molar-refractivity contribution in [2.75, 3.05) is 39.5 Å². The van der Waals surface area contributed by atoms with E-state index in [4.69, 9.17) is 9.47 Å². The molecule has 4 nitrogen and oxygen atoms in total. The molecule has 0 aromatic heterocycles. The SMILES string of the molecule is C[C@@H]1CN(CCOCc2ccccc2)CC[C@@]1(O)C1CCOCC1. The molecule has 3 rings (SSSR count). The molecule has 1 aromatic rings. The smallest absolute Gasteiger partial charge is 0.0727 e. The minimum absolute atomic E-state index is 0.309. The maximum absolute atomic E-state index is 11.2. The van der Waals surface area contributed by atoms with Crippen LogP contribution in [0, 0.1) is 11.8 Å². The Morgan fingerprint density at radius 3 is 2.71 bits per heavy atom. The molecule has 2 atom stereocenters. The minimum atomic E-state index is -0.509. The number of rotatable bonds is 6. The fourth-order valence-electron chi connectivity index (χ4n) is 4.19. The van der Waals surface area contributed by atoms with Crippen molar-refractivity contribution in [1.82, 2.24) is 4.90 Å². The lowest BCUT2D eigenvalue weighted by Crippen LogP contribution is -2.56. The predicted molar refractivity (Wildman–Crippen MR) is 94.8 cm³/mol. The Bertz CT molecular complexity index is 489. The van der Waals surface area contributed by atoms with Crippen LogP contribution in [-0.2, 0) is 16.1 Å². The molecule has 24 heavy (non-hydrogen) atoms. The van der Waals surface area contributed by atoms with Crippen LogP contribution in [0.4, 0.5) is 0 Å². The van der Waals surface area contributed by atoms with Gasteiger partial charge in [-0.3, -0.25) is 0 Å². The molecule has 0 spiro atoms. The summed E-state index contributed by atoms with van der Waals surface area (Å²) in [5.74, 6) is 0.709. The number of aliphatic hydroxyl groups is 1. The Morgan fingerprint density at radius 1 is 1.25 bits per heavy atom. The second-order valence-corrected chi connectivity index (χ2v) is 7.37. The zero-order valence-electron chi connectivity index (χ0n) is 14.8. The number of likely N-dealkylation sites (tertiary alicyclic amines) is 1. The van der Waals surface area contributed by atoms with E-state index in [2.05, 4.69) is 24.0 Å². The molecule has 2 fully saturated rings. The molecule has 0 amide bonds. The van der Waals surface area contributed by atoms with E-state index in [0.29, 0.717) is 18.4 Å². The van der Waals surface area contributed by atoms with E-state index in [1.54, 1.807) is 0 Å². The monoisotopic (exact) mass is 333 g/mol. The summed E-state index contributed by atoms with van der Waals surface area (Å²) in [4.78, 5) is 2.43. The lowest BCUT2D eigenvalue weighted by Gasteiger charge is -2.48. The highest BCUT2D eigenvalue weighted by atomic mass is 16.5. The van der Waals surface area contributed by atoms with Gasteiger partial charge in [-0.15, -0.1) is 0 Å². The van der Waals surface area contributed by atoms with E-state index in [-0.39, 0.29) is 0 Å². The molecule has 0 radical (unpaired) electrons. The van der Waals surface area contributed by atoms with Crippen LogP contribution in [0.3, 0.4) is 0 Å². The maximum atomic E-state index is 11.2. The van der Waals surface area contributed by atoms with Gasteiger partial charge in [-0.2, -0.15) is 0 Å². The Morgan fingerprint density at radius 2 is 2.00 bits per heavy atom. The molecule has 2 aliphatic heterocycles. The molecule has 134 valence electrons. The van der Waals surface area contributed by atoms with Gasteiger partial charge < -0.3 is 19.5 Å². The van der Waals surface area contributed by atoms with Gasteiger partial charge in [-0.1, -0.05) is 37.3 Å². The number of hydrogen-bond acceptors (Lipinski definition) is 4. The van der Waals surface area contributed by atoms with Crippen LogP contribution < -0.4 is 0 Å². The summed E-state index contributed by atoms with van der Waals surface area (Å²) >= 11 is 0. The van der Waals surface area contributed by atoms with Crippen molar-refractivity contribution in [2.24, 2.45) is 11.8 Å². The molecule has 1 N–H and O–H groups in total. The molecule has 2 saturated heterocycles. The number of nitrogens with zero attached hydrogens (tertiary/aromatic N) is 1. The van der Waals surface area contributed by atoms with E-state index >= 15 is 0 Å². The third-order valence-corrected chi connectivity index (χ3v) is 5.81. The summed E-state index contributed by atoms with van der Waals surface area (Å²) in [5.41, 5.74) is 0.712. The number of benzene rings is 1. The molecular weight excluding hydrogens is 302 g/mol. The van der Waals surface area contributed by atoms with Gasteiger partial charge in [-0.05, 0) is 36.7 Å². The molecule has 0 bridgehead atoms. The van der Waals surface area contributed by atoms with Crippen molar-refractivity contribution in [3.63, 3.8) is 0 Å². The fraction of sp³-hybridized carbons (Fsp3) is 0.700. The van der Waals surface area contributed by atoms with Gasteiger partial charge in [-0.25, -0.2) is 0 Å². The van der Waals surface area contributed by atoms with Crippen LogP contribution in [0.5, 0.6) is 0 Å². The zero-order chi connectivity index (χ0) is 16.8. The third-order valence-electron chi connectivity index (χ3n) is 5.81. The van der Waals surface area contributed by atoms with Gasteiger partial charge in [0.15, 0.2) is 0 Å². The molecule has 2 aliphatic rings. The van der Waals surface area contributed by atoms with Crippen molar-refractivity contribution in [3.8, 4) is 0 Å². The molecule has 0 aliphatic carbocycles. The Kier molecular flexibility index (Phi) is 6.28. The third kappa shape index (κ3) is 4.37. The van der Waals surface area contributed by atoms with Crippen molar-refractivity contribution < 1.29 is 14.6 Å². The van der Waals surface area contributed by atoms with Crippen molar-refractivity contribution >= 4 is 0 Å². The largest absolute Gasteiger partial charge is 0.389 e. The maximum Gasteiger partial charge on any atom is 0.0727 e. The molecule has 2 heterocycles. The summed E-state index contributed by atoms with van der Waals surface area (Å²) in [7, 11) is 0. The Labute approximate surface area is 145 Å². The van der Waals surface area contributed by atoms with Gasteiger partial charge in [0.1, 0.15) is 0 Å². The molecule has 0 unspecified atom stereocenters. The lowest BCUT2D eigenvalue weighted by atomic mass is 9.70. The Balaban J connectivity index is 1.40. The minimum Gasteiger partial charge on any atom is -0.389 e. The number of hydrogen-bond donors (Lipinski definition) is 1. The first-order valence-corrected chi connectivity index (χ1v) is 9.32. The van der Waals surface area contributed by atoms with Crippen molar-refractivity contribution in [1.29, 1.82) is 0 Å². The van der Waals surface area contributed by atoms with Crippen LogP contribution in [-0.4, -0.2) is 55.1 Å². The van der Waals surface area contributed by atoms with E-state index in [0.717, 1.165) is 58.7 Å². The van der Waals surface area contributed by atoms with Crippen LogP contribution >= 0.6 is 0 Å². The number of piperidine rings is 1. The quantitative estimate of drug-likeness (QED) is 0.813. The fourth-order valence-corrected chi connectivity index (χ4v) is 4.19. The predicted octanol–water partition coefficient (Wildman–Crippen LogP) is 2.70. The van der Waals surface area contributed by atoms with E-state index in [1.807, 2.05) is 18.2 Å². The summed E-state index contributed by atoms with van der Waals surface area (Å²) < 4.78 is 11.3. The second-order valence-electron chi connectivity index (χ2n) is 7.37. The highest BCUT2D eigenvalue weighted by molar-refractivity contribution is 5.13. The zero-order valence-corrected chi connectivity index (χ0v) is 14.8. The van der Waals surface area contributed by atoms with Crippen molar-refractivity contribution in [3.05, 3.63) is 35.9 Å². The van der Waals surface area contributed by atoms with Crippen LogP contribution in [0.2, 0.25) is 0 Å². The van der Waals surface area contributed by atoms with Gasteiger partial charge in [0.25, 0.3) is 0 Å². The molecule has 4 heteroatoms. The van der Waals surface area contributed by atoms with Gasteiger partial charge in [0.2, 0.25) is 0 Å². The van der Waals surface area contributed by atoms with Gasteiger partial charge in [0.05, 0.1) is 18.8 Å². The van der Waals surface area contributed by atoms with E-state index in [1.165, 1.54) is 5.56 Å². The Hall–Kier alpha value is -0.940. The highest BCUT2D eigenvalue weighted by Crippen LogP contribution is 2.39. The molecule has 1 aromatic carbocycles. The first-order chi connectivity index (χ1) is 11.7. The van der Waals surface area contributed by atoms with E-state index < -0.39 is 5.60 Å². The standard InChI is InChI=1S/C20H31NO3/c1-17-15-21(11-14-24-16-18-5-3-2-4-6-18)10-9-20(17,22)19-7-12-23-13-8-19/h2-6,17,19,22H,7-16H2,1H3/t17-,20+/m1/s1. The van der Waals surface area contributed by atoms with Gasteiger partial charge >= 0.3 is 0 Å². The summed E-state index contributed by atoms with van der Waals surface area (Å²) in [6.45, 7) is 8.10. The first kappa shape index (κ1) is 17.9. The average Bonchev–Trinajstić information content (AvgIpc) is 2.63. The second kappa shape index (κ2) is 8.43. The summed E-state index contributed by atoms with van der Waals surface area (Å²) in [6.07, 6.45) is 2.87.